The van der Waals surface area contributed by atoms with Crippen molar-refractivity contribution in [2.75, 3.05) is 6.54 Å². The molecule has 16 heavy (non-hydrogen) atoms. The van der Waals surface area contributed by atoms with Crippen molar-refractivity contribution in [2.24, 2.45) is 24.8 Å². The zero-order valence-electron chi connectivity index (χ0n) is 9.76. The van der Waals surface area contributed by atoms with E-state index in [1.54, 1.807) is 7.05 Å². The highest BCUT2D eigenvalue weighted by Crippen LogP contribution is 2.48. The minimum Gasteiger partial charge on any atom is -0.309 e. The van der Waals surface area contributed by atoms with Gasteiger partial charge in [-0.1, -0.05) is 0 Å². The van der Waals surface area contributed by atoms with Crippen LogP contribution in [0.25, 0.3) is 0 Å². The number of hydrogen-bond acceptors (Lipinski definition) is 4. The number of nitrogens with one attached hydrogen (secondary N) is 1. The van der Waals surface area contributed by atoms with Gasteiger partial charge in [-0.2, -0.15) is 4.80 Å². The third kappa shape index (κ3) is 2.40. The Hall–Kier alpha value is -0.970. The maximum atomic E-state index is 4.16. The summed E-state index contributed by atoms with van der Waals surface area (Å²) in [4.78, 5) is 1.51. The van der Waals surface area contributed by atoms with Gasteiger partial charge in [-0.25, -0.2) is 0 Å². The van der Waals surface area contributed by atoms with Gasteiger partial charge in [-0.05, 0) is 55.2 Å². The van der Waals surface area contributed by atoms with E-state index in [0.29, 0.717) is 0 Å². The van der Waals surface area contributed by atoms with Gasteiger partial charge in [0.25, 0.3) is 0 Å². The molecule has 2 fully saturated rings. The van der Waals surface area contributed by atoms with Crippen LogP contribution < -0.4 is 5.32 Å². The van der Waals surface area contributed by atoms with Gasteiger partial charge in [0.15, 0.2) is 5.82 Å². The Morgan fingerprint density at radius 3 is 2.50 bits per heavy atom. The molecule has 5 nitrogen and oxygen atoms in total. The fourth-order valence-electron chi connectivity index (χ4n) is 2.51. The van der Waals surface area contributed by atoms with Crippen LogP contribution in [0.15, 0.2) is 0 Å². The molecule has 0 amide bonds. The van der Waals surface area contributed by atoms with Crippen LogP contribution in [0.5, 0.6) is 0 Å². The SMILES string of the molecule is Cn1nnc(CNCC(C2CC2)C2CC2)n1. The predicted molar refractivity (Wildman–Crippen MR) is 59.4 cm³/mol. The molecular weight excluding hydrogens is 202 g/mol. The normalized spacial score (nSPS) is 20.6. The Labute approximate surface area is 95.6 Å². The molecule has 0 saturated heterocycles. The lowest BCUT2D eigenvalue weighted by Gasteiger charge is -2.15. The lowest BCUT2D eigenvalue weighted by atomic mass is 9.98. The molecule has 3 rings (SSSR count). The Morgan fingerprint density at radius 2 is 2.00 bits per heavy atom. The lowest BCUT2D eigenvalue weighted by Crippen LogP contribution is -2.25. The van der Waals surface area contributed by atoms with Crippen LogP contribution in [0.2, 0.25) is 0 Å². The van der Waals surface area contributed by atoms with Crippen LogP contribution in [0.1, 0.15) is 31.5 Å². The molecule has 0 atom stereocenters. The Morgan fingerprint density at radius 1 is 1.31 bits per heavy atom. The zero-order chi connectivity index (χ0) is 11.0. The Bertz CT molecular complexity index is 341. The molecule has 0 radical (unpaired) electrons. The van der Waals surface area contributed by atoms with Crippen LogP contribution in [0, 0.1) is 17.8 Å². The van der Waals surface area contributed by atoms with Crippen LogP contribution in [0.4, 0.5) is 0 Å². The third-order valence-corrected chi connectivity index (χ3v) is 3.67. The molecule has 1 heterocycles. The first kappa shape index (κ1) is 10.2. The van der Waals surface area contributed by atoms with Crippen LogP contribution in [-0.4, -0.2) is 26.8 Å². The van der Waals surface area contributed by atoms with E-state index in [1.165, 1.54) is 30.5 Å². The summed E-state index contributed by atoms with van der Waals surface area (Å²) in [5, 5.41) is 15.4. The minimum absolute atomic E-state index is 0.754. The van der Waals surface area contributed by atoms with Crippen LogP contribution in [-0.2, 0) is 13.6 Å². The first-order chi connectivity index (χ1) is 7.83. The summed E-state index contributed by atoms with van der Waals surface area (Å²) in [5.74, 6) is 3.73. The summed E-state index contributed by atoms with van der Waals surface area (Å²) < 4.78 is 0. The molecule has 88 valence electrons. The van der Waals surface area contributed by atoms with E-state index in [2.05, 4.69) is 20.7 Å². The van der Waals surface area contributed by atoms with Gasteiger partial charge >= 0.3 is 0 Å². The smallest absolute Gasteiger partial charge is 0.188 e. The molecule has 2 aliphatic rings. The Balaban J connectivity index is 1.44. The second-order valence-electron chi connectivity index (χ2n) is 5.16. The van der Waals surface area contributed by atoms with E-state index in [9.17, 15) is 0 Å². The van der Waals surface area contributed by atoms with Crippen LogP contribution in [0.3, 0.4) is 0 Å². The standard InChI is InChI=1S/C11H19N5/c1-16-14-11(13-15-16)7-12-6-10(8-2-3-8)9-4-5-9/h8-10,12H,2-7H2,1H3. The maximum absolute atomic E-state index is 4.16. The molecule has 0 aromatic carbocycles. The maximum Gasteiger partial charge on any atom is 0.188 e. The molecule has 0 aliphatic heterocycles. The molecule has 5 heteroatoms. The summed E-state index contributed by atoms with van der Waals surface area (Å²) >= 11 is 0. The van der Waals surface area contributed by atoms with Gasteiger partial charge in [-0.3, -0.25) is 0 Å². The third-order valence-electron chi connectivity index (χ3n) is 3.67. The van der Waals surface area contributed by atoms with Gasteiger partial charge in [0.05, 0.1) is 13.6 Å². The predicted octanol–water partition coefficient (Wildman–Crippen LogP) is 0.736. The Kier molecular flexibility index (Phi) is 2.63. The number of nitrogens with zero attached hydrogens (tertiary/aromatic N) is 4. The van der Waals surface area contributed by atoms with Crippen LogP contribution >= 0.6 is 0 Å². The van der Waals surface area contributed by atoms with E-state index in [1.807, 2.05) is 0 Å². The average Bonchev–Trinajstić information content (AvgIpc) is 3.15. The molecule has 0 unspecified atom stereocenters. The van der Waals surface area contributed by atoms with Crippen molar-refractivity contribution in [3.05, 3.63) is 5.82 Å². The highest BCUT2D eigenvalue weighted by atomic mass is 15.6. The van der Waals surface area contributed by atoms with Crippen molar-refractivity contribution in [1.82, 2.24) is 25.5 Å². The lowest BCUT2D eigenvalue weighted by molar-refractivity contribution is 0.376. The average molecular weight is 221 g/mol. The van der Waals surface area contributed by atoms with Gasteiger partial charge < -0.3 is 5.32 Å². The highest BCUT2D eigenvalue weighted by Gasteiger charge is 2.40. The minimum atomic E-state index is 0.754. The van der Waals surface area contributed by atoms with E-state index in [0.717, 1.165) is 36.7 Å². The first-order valence-corrected chi connectivity index (χ1v) is 6.26. The largest absolute Gasteiger partial charge is 0.309 e. The molecule has 0 spiro atoms. The topological polar surface area (TPSA) is 55.6 Å². The van der Waals surface area contributed by atoms with Crippen molar-refractivity contribution in [1.29, 1.82) is 0 Å². The molecule has 2 saturated carbocycles. The number of aromatic nitrogens is 4. The summed E-state index contributed by atoms with van der Waals surface area (Å²) in [7, 11) is 1.80. The van der Waals surface area contributed by atoms with Gasteiger partial charge in [0.1, 0.15) is 0 Å². The molecule has 1 aromatic heterocycles. The number of tetrazole rings is 1. The molecular formula is C11H19N5. The first-order valence-electron chi connectivity index (χ1n) is 6.26. The molecule has 1 aromatic rings. The van der Waals surface area contributed by atoms with Crippen molar-refractivity contribution in [2.45, 2.75) is 32.2 Å². The number of aryl methyl sites for hydroxylation is 1. The monoisotopic (exact) mass is 221 g/mol. The summed E-state index contributed by atoms with van der Waals surface area (Å²) in [6.07, 6.45) is 5.80. The zero-order valence-corrected chi connectivity index (χ0v) is 9.76. The molecule has 0 bridgehead atoms. The van der Waals surface area contributed by atoms with E-state index < -0.39 is 0 Å². The highest BCUT2D eigenvalue weighted by molar-refractivity contribution is 4.92. The van der Waals surface area contributed by atoms with E-state index >= 15 is 0 Å². The van der Waals surface area contributed by atoms with Crippen molar-refractivity contribution in [3.63, 3.8) is 0 Å². The number of rotatable bonds is 6. The summed E-state index contributed by atoms with van der Waals surface area (Å²) in [6.45, 7) is 1.89. The van der Waals surface area contributed by atoms with Gasteiger partial charge in [0.2, 0.25) is 0 Å². The fraction of sp³-hybridized carbons (Fsp3) is 0.909. The quantitative estimate of drug-likeness (QED) is 0.769. The summed E-state index contributed by atoms with van der Waals surface area (Å²) in [5.41, 5.74) is 0. The van der Waals surface area contributed by atoms with Gasteiger partial charge in [0, 0.05) is 0 Å². The summed E-state index contributed by atoms with van der Waals surface area (Å²) in [6, 6.07) is 0. The molecule has 1 N–H and O–H groups in total. The second-order valence-corrected chi connectivity index (χ2v) is 5.16. The second kappa shape index (κ2) is 4.13. The van der Waals surface area contributed by atoms with Gasteiger partial charge in [-0.15, -0.1) is 10.2 Å². The van der Waals surface area contributed by atoms with Crippen molar-refractivity contribution in [3.8, 4) is 0 Å². The van der Waals surface area contributed by atoms with Crippen molar-refractivity contribution >= 4 is 0 Å². The molecule has 2 aliphatic carbocycles. The van der Waals surface area contributed by atoms with Crippen molar-refractivity contribution < 1.29 is 0 Å². The fourth-order valence-corrected chi connectivity index (χ4v) is 2.51. The van der Waals surface area contributed by atoms with E-state index in [-0.39, 0.29) is 0 Å². The van der Waals surface area contributed by atoms with E-state index in [4.69, 9.17) is 0 Å². The number of hydrogen-bond donors (Lipinski definition) is 1.